The Kier molecular flexibility index (Phi) is 6.69. The number of amides is 1. The zero-order valence-electron chi connectivity index (χ0n) is 19.2. The van der Waals surface area contributed by atoms with Gasteiger partial charge in [-0.15, -0.1) is 0 Å². The Morgan fingerprint density at radius 3 is 2.73 bits per heavy atom. The number of aromatic nitrogens is 2. The molecule has 1 aromatic carbocycles. The van der Waals surface area contributed by atoms with Gasteiger partial charge in [-0.25, -0.2) is 9.97 Å². The average Bonchev–Trinajstić information content (AvgIpc) is 3.35. The van der Waals surface area contributed by atoms with E-state index in [4.69, 9.17) is 9.72 Å². The molecule has 0 radical (unpaired) electrons. The summed E-state index contributed by atoms with van der Waals surface area (Å²) in [5, 5.41) is 0. The molecule has 0 saturated carbocycles. The van der Waals surface area contributed by atoms with E-state index in [1.54, 1.807) is 0 Å². The lowest BCUT2D eigenvalue weighted by molar-refractivity contribution is -0.170. The number of carbonyl (C=O) groups excluding carboxylic acids is 1. The van der Waals surface area contributed by atoms with Crippen molar-refractivity contribution < 1.29 is 9.53 Å². The third kappa shape index (κ3) is 5.09. The van der Waals surface area contributed by atoms with Crippen molar-refractivity contribution >= 4 is 11.9 Å². The van der Waals surface area contributed by atoms with Crippen LogP contribution in [0.25, 0.3) is 0 Å². The number of anilines is 1. The fraction of sp³-hybridized carbons (Fsp3) is 0.500. The Morgan fingerprint density at radius 2 is 1.88 bits per heavy atom. The maximum atomic E-state index is 13.7. The fourth-order valence-electron chi connectivity index (χ4n) is 5.05. The monoisotopic (exact) mass is 447 g/mol. The summed E-state index contributed by atoms with van der Waals surface area (Å²) in [6.45, 7) is 6.04. The summed E-state index contributed by atoms with van der Waals surface area (Å²) >= 11 is 0. The zero-order valence-corrected chi connectivity index (χ0v) is 19.2. The third-order valence-electron chi connectivity index (χ3n) is 6.87. The Bertz CT molecular complexity index is 976. The van der Waals surface area contributed by atoms with Crippen molar-refractivity contribution in [3.8, 4) is 0 Å². The first-order valence-electron chi connectivity index (χ1n) is 12.1. The van der Waals surface area contributed by atoms with E-state index in [1.807, 2.05) is 35.4 Å². The predicted octanol–water partition coefficient (Wildman–Crippen LogP) is 2.68. The van der Waals surface area contributed by atoms with Crippen LogP contribution in [0.1, 0.15) is 30.5 Å². The van der Waals surface area contributed by atoms with Gasteiger partial charge >= 0.3 is 0 Å². The molecule has 1 amide bonds. The number of hydrogen-bond donors (Lipinski definition) is 0. The van der Waals surface area contributed by atoms with E-state index in [9.17, 15) is 4.79 Å². The first-order valence-corrected chi connectivity index (χ1v) is 12.1. The highest BCUT2D eigenvalue weighted by atomic mass is 16.5. The van der Waals surface area contributed by atoms with E-state index in [0.717, 1.165) is 37.7 Å². The normalized spacial score (nSPS) is 23.9. The Balaban J connectivity index is 1.26. The van der Waals surface area contributed by atoms with Crippen LogP contribution in [0.15, 0.2) is 54.7 Å². The molecule has 1 spiro atoms. The van der Waals surface area contributed by atoms with Crippen LogP contribution in [0.2, 0.25) is 0 Å². The number of carbonyl (C=O) groups is 1. The van der Waals surface area contributed by atoms with Crippen LogP contribution in [0.3, 0.4) is 0 Å². The van der Waals surface area contributed by atoms with E-state index in [-0.39, 0.29) is 5.91 Å². The van der Waals surface area contributed by atoms with Gasteiger partial charge < -0.3 is 14.5 Å². The van der Waals surface area contributed by atoms with Crippen LogP contribution >= 0.6 is 0 Å². The van der Waals surface area contributed by atoms with Gasteiger partial charge in [0.2, 0.25) is 5.95 Å². The first kappa shape index (κ1) is 22.0. The number of nitrogens with zero attached hydrogens (tertiary/aromatic N) is 5. The second-order valence-electron chi connectivity index (χ2n) is 9.26. The van der Waals surface area contributed by atoms with Gasteiger partial charge in [-0.2, -0.15) is 0 Å². The summed E-state index contributed by atoms with van der Waals surface area (Å²) in [5.74, 6) is 0.933. The van der Waals surface area contributed by atoms with Crippen molar-refractivity contribution in [3.05, 3.63) is 66.0 Å². The van der Waals surface area contributed by atoms with Gasteiger partial charge in [-0.05, 0) is 30.9 Å². The lowest BCUT2D eigenvalue weighted by atomic mass is 9.95. The largest absolute Gasteiger partial charge is 0.362 e. The molecule has 3 aliphatic heterocycles. The van der Waals surface area contributed by atoms with Gasteiger partial charge in [0.05, 0.1) is 12.3 Å². The van der Waals surface area contributed by atoms with Crippen molar-refractivity contribution in [2.24, 2.45) is 0 Å². The minimum atomic E-state index is -0.813. The third-order valence-corrected chi connectivity index (χ3v) is 6.87. The maximum absolute atomic E-state index is 13.7. The van der Waals surface area contributed by atoms with Crippen molar-refractivity contribution in [1.82, 2.24) is 19.8 Å². The molecule has 4 heterocycles. The first-order chi connectivity index (χ1) is 16.2. The van der Waals surface area contributed by atoms with Crippen molar-refractivity contribution in [2.45, 2.75) is 37.8 Å². The maximum Gasteiger partial charge on any atom is 0.256 e. The van der Waals surface area contributed by atoms with E-state index >= 15 is 0 Å². The van der Waals surface area contributed by atoms with Crippen molar-refractivity contribution in [2.75, 3.05) is 50.8 Å². The van der Waals surface area contributed by atoms with Crippen LogP contribution in [0.5, 0.6) is 0 Å². The number of hydrogen-bond acceptors (Lipinski definition) is 6. The Labute approximate surface area is 196 Å². The molecule has 2 aromatic rings. The molecular formula is C26H33N5O2. The quantitative estimate of drug-likeness (QED) is 0.635. The highest BCUT2D eigenvalue weighted by molar-refractivity contribution is 5.86. The van der Waals surface area contributed by atoms with Gasteiger partial charge in [0, 0.05) is 58.4 Å². The second kappa shape index (κ2) is 10.0. The molecule has 0 N–H and O–H groups in total. The van der Waals surface area contributed by atoms with Gasteiger partial charge in [-0.1, -0.05) is 42.5 Å². The summed E-state index contributed by atoms with van der Waals surface area (Å²) in [5.41, 5.74) is 1.44. The highest BCUT2D eigenvalue weighted by Crippen LogP contribution is 2.28. The summed E-state index contributed by atoms with van der Waals surface area (Å²) in [6, 6.07) is 12.3. The Morgan fingerprint density at radius 1 is 1.03 bits per heavy atom. The molecule has 7 nitrogen and oxygen atoms in total. The molecule has 3 aliphatic rings. The lowest BCUT2D eigenvalue weighted by Gasteiger charge is -2.42. The molecule has 1 atom stereocenters. The summed E-state index contributed by atoms with van der Waals surface area (Å²) in [7, 11) is 0. The van der Waals surface area contributed by atoms with Crippen LogP contribution < -0.4 is 4.90 Å². The molecule has 0 aliphatic carbocycles. The highest BCUT2D eigenvalue weighted by Gasteiger charge is 2.45. The minimum absolute atomic E-state index is 0.105. The zero-order chi connectivity index (χ0) is 22.5. The van der Waals surface area contributed by atoms with Crippen molar-refractivity contribution in [3.63, 3.8) is 0 Å². The molecule has 33 heavy (non-hydrogen) atoms. The van der Waals surface area contributed by atoms with E-state index in [0.29, 0.717) is 39.2 Å². The molecular weight excluding hydrogens is 414 g/mol. The van der Waals surface area contributed by atoms with E-state index in [2.05, 4.69) is 39.1 Å². The molecule has 5 rings (SSSR count). The molecule has 2 saturated heterocycles. The molecule has 174 valence electrons. The number of ether oxygens (including phenoxy) is 1. The summed E-state index contributed by atoms with van der Waals surface area (Å²) < 4.78 is 6.23. The molecule has 1 unspecified atom stereocenters. The summed E-state index contributed by atoms with van der Waals surface area (Å²) in [4.78, 5) is 29.5. The van der Waals surface area contributed by atoms with Gasteiger partial charge in [0.15, 0.2) is 5.60 Å². The SMILES string of the molecule is O=C1N(CCc2ccccc2)CC=CCC12CN(Cc1ccnc(N3CCCC3)n1)CCO2. The molecule has 7 heteroatoms. The minimum Gasteiger partial charge on any atom is -0.362 e. The molecule has 2 fully saturated rings. The van der Waals surface area contributed by atoms with E-state index in [1.165, 1.54) is 18.4 Å². The standard InChI is InChI=1S/C26H33N5O2/c32-24-26(12-4-5-14-30(24)17-11-22-8-2-1-3-9-22)21-29(18-19-33-26)20-23-10-13-27-25(28-23)31-15-6-7-16-31/h1-5,8-10,13H,6-7,11-12,14-21H2. The number of morpholine rings is 1. The molecule has 1 aromatic heterocycles. The van der Waals surface area contributed by atoms with Gasteiger partial charge in [-0.3, -0.25) is 9.69 Å². The van der Waals surface area contributed by atoms with E-state index < -0.39 is 5.60 Å². The van der Waals surface area contributed by atoms with Crippen LogP contribution in [-0.2, 0) is 22.5 Å². The average molecular weight is 448 g/mol. The smallest absolute Gasteiger partial charge is 0.256 e. The van der Waals surface area contributed by atoms with Crippen molar-refractivity contribution in [1.29, 1.82) is 0 Å². The second-order valence-corrected chi connectivity index (χ2v) is 9.26. The number of rotatable bonds is 6. The van der Waals surface area contributed by atoms with Crippen LogP contribution in [0, 0.1) is 0 Å². The van der Waals surface area contributed by atoms with Crippen LogP contribution in [-0.4, -0.2) is 77.2 Å². The topological polar surface area (TPSA) is 61.8 Å². The van der Waals surface area contributed by atoms with Crippen LogP contribution in [0.4, 0.5) is 5.95 Å². The number of benzene rings is 1. The summed E-state index contributed by atoms with van der Waals surface area (Å²) in [6.07, 6.45) is 9.95. The van der Waals surface area contributed by atoms with Gasteiger partial charge in [0.1, 0.15) is 0 Å². The predicted molar refractivity (Wildman–Crippen MR) is 128 cm³/mol. The lowest BCUT2D eigenvalue weighted by Crippen LogP contribution is -2.60. The Hall–Kier alpha value is -2.77. The van der Waals surface area contributed by atoms with Gasteiger partial charge in [0.25, 0.3) is 5.91 Å². The fourth-order valence-corrected chi connectivity index (χ4v) is 5.05. The molecule has 0 bridgehead atoms.